The fourth-order valence-electron chi connectivity index (χ4n) is 1.21. The lowest BCUT2D eigenvalue weighted by atomic mass is 10.2. The minimum atomic E-state index is 0.0809. The van der Waals surface area contributed by atoms with Gasteiger partial charge in [-0.05, 0) is 18.4 Å². The van der Waals surface area contributed by atoms with Crippen molar-refractivity contribution in [2.75, 3.05) is 12.8 Å². The summed E-state index contributed by atoms with van der Waals surface area (Å²) in [5.74, 6) is 0.364. The molecule has 14 heavy (non-hydrogen) atoms. The highest BCUT2D eigenvalue weighted by Crippen LogP contribution is 2.13. The van der Waals surface area contributed by atoms with E-state index in [9.17, 15) is 4.79 Å². The molecule has 2 nitrogen and oxygen atoms in total. The van der Waals surface area contributed by atoms with Crippen molar-refractivity contribution in [1.29, 1.82) is 0 Å². The highest BCUT2D eigenvalue weighted by atomic mass is 32.1. The predicted octanol–water partition coefficient (Wildman–Crippen LogP) is 2.07. The van der Waals surface area contributed by atoms with Gasteiger partial charge in [0.1, 0.15) is 0 Å². The molecule has 0 aliphatic carbocycles. The summed E-state index contributed by atoms with van der Waals surface area (Å²) < 4.78 is 0. The largest absolute Gasteiger partial charge is 0.342 e. The molecule has 1 heterocycles. The van der Waals surface area contributed by atoms with Crippen molar-refractivity contribution in [1.82, 2.24) is 4.90 Å². The molecule has 4 heteroatoms. The van der Waals surface area contributed by atoms with Crippen LogP contribution in [0.3, 0.4) is 0 Å². The Morgan fingerprint density at radius 1 is 1.71 bits per heavy atom. The lowest BCUT2D eigenvalue weighted by molar-refractivity contribution is -0.128. The van der Waals surface area contributed by atoms with E-state index in [4.69, 9.17) is 0 Å². The summed E-state index contributed by atoms with van der Waals surface area (Å²) in [6.07, 6.45) is 0.924. The summed E-state index contributed by atoms with van der Waals surface area (Å²) in [5.41, 5.74) is 0. The molecule has 0 aliphatic heterocycles. The maximum atomic E-state index is 11.3. The molecular weight excluding hydrogens is 214 g/mol. The zero-order chi connectivity index (χ0) is 10.6. The van der Waals surface area contributed by atoms with Crippen LogP contribution in [0.25, 0.3) is 0 Å². The van der Waals surface area contributed by atoms with Crippen LogP contribution < -0.4 is 0 Å². The molecule has 0 bridgehead atoms. The minimum absolute atomic E-state index is 0.0809. The topological polar surface area (TPSA) is 20.3 Å². The van der Waals surface area contributed by atoms with Crippen molar-refractivity contribution < 1.29 is 4.79 Å². The van der Waals surface area contributed by atoms with E-state index in [2.05, 4.69) is 31.0 Å². The van der Waals surface area contributed by atoms with Crippen LogP contribution in [0.1, 0.15) is 11.8 Å². The number of rotatable bonds is 4. The number of amides is 1. The summed E-state index contributed by atoms with van der Waals surface area (Å²) in [5, 5.41) is 2.06. The number of hydrogen-bond donors (Lipinski definition) is 1. The van der Waals surface area contributed by atoms with Crippen molar-refractivity contribution in [3.05, 3.63) is 22.4 Å². The Balaban J connectivity index is 2.49. The Bertz CT molecular complexity index is 284. The van der Waals surface area contributed by atoms with Crippen molar-refractivity contribution in [3.8, 4) is 0 Å². The molecule has 1 amide bonds. The van der Waals surface area contributed by atoms with Gasteiger partial charge < -0.3 is 4.90 Å². The molecular formula is C10H15NOS2. The molecule has 1 unspecified atom stereocenters. The summed E-state index contributed by atoms with van der Waals surface area (Å²) in [4.78, 5) is 14.4. The first-order valence-corrected chi connectivity index (χ1v) is 6.05. The Kier molecular flexibility index (Phi) is 4.48. The number of likely N-dealkylation sites (N-methyl/N-ethyl adjacent to an activating group) is 1. The average Bonchev–Trinajstić information content (AvgIpc) is 2.68. The molecule has 0 saturated carbocycles. The third kappa shape index (κ3) is 3.03. The van der Waals surface area contributed by atoms with Gasteiger partial charge in [-0.1, -0.05) is 6.07 Å². The molecule has 1 aromatic heterocycles. The van der Waals surface area contributed by atoms with E-state index in [-0.39, 0.29) is 17.7 Å². The molecule has 1 rings (SSSR count). The fourth-order valence-corrected chi connectivity index (χ4v) is 2.26. The second kappa shape index (κ2) is 5.41. The number of hydrogen-bond acceptors (Lipinski definition) is 3. The maximum absolute atomic E-state index is 11.3. The number of carbonyl (C=O) groups excluding carboxylic acids is 1. The molecule has 0 radical (unpaired) electrons. The van der Waals surface area contributed by atoms with E-state index in [0.29, 0.717) is 0 Å². The van der Waals surface area contributed by atoms with E-state index in [0.717, 1.165) is 6.42 Å². The third-order valence-electron chi connectivity index (χ3n) is 2.27. The van der Waals surface area contributed by atoms with Crippen molar-refractivity contribution >= 4 is 29.9 Å². The second-order valence-electron chi connectivity index (χ2n) is 3.30. The number of nitrogens with zero attached hydrogens (tertiary/aromatic N) is 1. The maximum Gasteiger partial charge on any atom is 0.232 e. The molecule has 0 aromatic carbocycles. The van der Waals surface area contributed by atoms with Gasteiger partial charge in [-0.15, -0.1) is 11.3 Å². The third-order valence-corrected chi connectivity index (χ3v) is 3.44. The highest BCUT2D eigenvalue weighted by Gasteiger charge is 2.14. The van der Waals surface area contributed by atoms with Gasteiger partial charge in [0, 0.05) is 24.4 Å². The quantitative estimate of drug-likeness (QED) is 0.784. The first-order valence-electron chi connectivity index (χ1n) is 4.54. The van der Waals surface area contributed by atoms with E-state index in [1.165, 1.54) is 4.88 Å². The van der Waals surface area contributed by atoms with Gasteiger partial charge in [-0.2, -0.15) is 12.6 Å². The van der Waals surface area contributed by atoms with Crippen LogP contribution >= 0.6 is 24.0 Å². The van der Waals surface area contributed by atoms with E-state index in [1.807, 2.05) is 13.1 Å². The summed E-state index contributed by atoms with van der Waals surface area (Å²) in [7, 11) is 1.83. The van der Waals surface area contributed by atoms with Crippen LogP contribution in [-0.4, -0.2) is 29.6 Å². The van der Waals surface area contributed by atoms with Crippen LogP contribution in [0.15, 0.2) is 17.5 Å². The zero-order valence-electron chi connectivity index (χ0n) is 8.43. The first-order chi connectivity index (χ1) is 6.65. The van der Waals surface area contributed by atoms with Gasteiger partial charge in [0.25, 0.3) is 0 Å². The number of thiol groups is 1. The van der Waals surface area contributed by atoms with Crippen LogP contribution in [0.2, 0.25) is 0 Å². The van der Waals surface area contributed by atoms with Crippen molar-refractivity contribution in [2.24, 2.45) is 0 Å². The van der Waals surface area contributed by atoms with E-state index < -0.39 is 0 Å². The molecule has 1 aromatic rings. The number of thiophene rings is 1. The van der Waals surface area contributed by atoms with Gasteiger partial charge >= 0.3 is 0 Å². The van der Waals surface area contributed by atoms with Crippen LogP contribution in [0, 0.1) is 0 Å². The molecule has 0 saturated heterocycles. The zero-order valence-corrected chi connectivity index (χ0v) is 10.1. The van der Waals surface area contributed by atoms with E-state index >= 15 is 0 Å². The van der Waals surface area contributed by atoms with Gasteiger partial charge in [0.2, 0.25) is 5.91 Å². The lowest BCUT2D eigenvalue weighted by Gasteiger charge is -2.23. The Morgan fingerprint density at radius 2 is 2.43 bits per heavy atom. The van der Waals surface area contributed by atoms with E-state index in [1.54, 1.807) is 16.2 Å². The normalized spacial score (nSPS) is 12.5. The molecule has 0 spiro atoms. The van der Waals surface area contributed by atoms with Crippen LogP contribution in [-0.2, 0) is 11.2 Å². The second-order valence-corrected chi connectivity index (χ2v) is 4.64. The minimum Gasteiger partial charge on any atom is -0.342 e. The van der Waals surface area contributed by atoms with Gasteiger partial charge in [0.05, 0.1) is 5.75 Å². The predicted molar refractivity (Wildman–Crippen MR) is 64.1 cm³/mol. The van der Waals surface area contributed by atoms with Crippen LogP contribution in [0.4, 0.5) is 0 Å². The highest BCUT2D eigenvalue weighted by molar-refractivity contribution is 7.81. The lowest BCUT2D eigenvalue weighted by Crippen LogP contribution is -2.37. The Labute approximate surface area is 94.3 Å². The first kappa shape index (κ1) is 11.6. The van der Waals surface area contributed by atoms with Gasteiger partial charge in [0.15, 0.2) is 0 Å². The summed E-state index contributed by atoms with van der Waals surface area (Å²) in [6, 6.07) is 4.38. The van der Waals surface area contributed by atoms with Crippen molar-refractivity contribution in [3.63, 3.8) is 0 Å². The molecule has 0 fully saturated rings. The fraction of sp³-hybridized carbons (Fsp3) is 0.500. The van der Waals surface area contributed by atoms with Gasteiger partial charge in [-0.25, -0.2) is 0 Å². The SMILES string of the molecule is CC(Cc1cccs1)N(C)C(=O)CS. The van der Waals surface area contributed by atoms with Crippen molar-refractivity contribution in [2.45, 2.75) is 19.4 Å². The summed E-state index contributed by atoms with van der Waals surface area (Å²) in [6.45, 7) is 2.06. The Hall–Kier alpha value is -0.480. The molecule has 78 valence electrons. The average molecular weight is 229 g/mol. The molecule has 1 atom stereocenters. The smallest absolute Gasteiger partial charge is 0.232 e. The van der Waals surface area contributed by atoms with Gasteiger partial charge in [-0.3, -0.25) is 4.79 Å². The standard InChI is InChI=1S/C10H15NOS2/c1-8(11(2)10(12)7-13)6-9-4-3-5-14-9/h3-5,8,13H,6-7H2,1-2H3. The summed E-state index contributed by atoms with van der Waals surface area (Å²) >= 11 is 5.71. The molecule has 0 aliphatic rings. The molecule has 0 N–H and O–H groups in total. The Morgan fingerprint density at radius 3 is 2.93 bits per heavy atom. The number of carbonyl (C=O) groups is 1. The monoisotopic (exact) mass is 229 g/mol. The van der Waals surface area contributed by atoms with Crippen LogP contribution in [0.5, 0.6) is 0 Å².